The summed E-state index contributed by atoms with van der Waals surface area (Å²) in [6.45, 7) is -0.783. The fourth-order valence-electron chi connectivity index (χ4n) is 1.35. The molecule has 88 valence electrons. The van der Waals surface area contributed by atoms with Gasteiger partial charge in [0.2, 0.25) is 5.91 Å². The molecule has 0 aromatic heterocycles. The van der Waals surface area contributed by atoms with Crippen LogP contribution in [0.3, 0.4) is 0 Å². The molecule has 2 atom stereocenters. The minimum absolute atomic E-state index is 0.783. The molecule has 1 aliphatic heterocycles. The molecule has 0 aromatic carbocycles. The van der Waals surface area contributed by atoms with Gasteiger partial charge in [0.15, 0.2) is 0 Å². The van der Waals surface area contributed by atoms with Crippen LogP contribution in [0.1, 0.15) is 6.42 Å². The van der Waals surface area contributed by atoms with Crippen LogP contribution in [-0.2, 0) is 4.79 Å². The normalized spacial score (nSPS) is 28.8. The van der Waals surface area contributed by atoms with Crippen molar-refractivity contribution in [3.63, 3.8) is 0 Å². The van der Waals surface area contributed by atoms with Crippen LogP contribution in [0.15, 0.2) is 0 Å². The Labute approximate surface area is 80.6 Å². The third-order valence-corrected chi connectivity index (χ3v) is 2.22. The average Bonchev–Trinajstić information content (AvgIpc) is 2.00. The zero-order valence-electron chi connectivity index (χ0n) is 7.24. The molecule has 8 heteroatoms. The first-order valence-corrected chi connectivity index (χ1v) is 4.03. The Bertz CT molecular complexity index is 257. The average molecular weight is 235 g/mol. The van der Waals surface area contributed by atoms with E-state index in [-0.39, 0.29) is 0 Å². The van der Waals surface area contributed by atoms with Gasteiger partial charge in [-0.3, -0.25) is 4.79 Å². The van der Waals surface area contributed by atoms with Crippen molar-refractivity contribution < 1.29 is 31.1 Å². The van der Waals surface area contributed by atoms with Gasteiger partial charge in [-0.2, -0.15) is 26.3 Å². The molecule has 1 aliphatic rings. The van der Waals surface area contributed by atoms with Gasteiger partial charge in [-0.25, -0.2) is 0 Å². The van der Waals surface area contributed by atoms with Gasteiger partial charge in [0.1, 0.15) is 5.92 Å². The first kappa shape index (κ1) is 12.1. The van der Waals surface area contributed by atoms with Gasteiger partial charge in [-0.05, 0) is 6.42 Å². The summed E-state index contributed by atoms with van der Waals surface area (Å²) >= 11 is 0. The van der Waals surface area contributed by atoms with Crippen LogP contribution < -0.4 is 5.32 Å². The number of halogens is 6. The van der Waals surface area contributed by atoms with Crippen molar-refractivity contribution in [3.8, 4) is 0 Å². The number of alkyl halides is 6. The zero-order chi connectivity index (χ0) is 11.9. The molecule has 1 fully saturated rings. The molecule has 2 nitrogen and oxygen atoms in total. The maximum absolute atomic E-state index is 12.1. The van der Waals surface area contributed by atoms with Crippen LogP contribution in [-0.4, -0.2) is 24.8 Å². The van der Waals surface area contributed by atoms with Gasteiger partial charge in [-0.15, -0.1) is 0 Å². The Morgan fingerprint density at radius 2 is 1.60 bits per heavy atom. The van der Waals surface area contributed by atoms with E-state index in [2.05, 4.69) is 0 Å². The van der Waals surface area contributed by atoms with E-state index in [0.717, 1.165) is 0 Å². The van der Waals surface area contributed by atoms with Gasteiger partial charge in [0, 0.05) is 6.54 Å². The summed E-state index contributed by atoms with van der Waals surface area (Å²) in [6, 6.07) is 0. The molecule has 0 radical (unpaired) electrons. The number of piperidine rings is 1. The van der Waals surface area contributed by atoms with Gasteiger partial charge in [0.25, 0.3) is 0 Å². The quantitative estimate of drug-likeness (QED) is 0.638. The van der Waals surface area contributed by atoms with Crippen LogP contribution in [0.5, 0.6) is 0 Å². The monoisotopic (exact) mass is 235 g/mol. The van der Waals surface area contributed by atoms with Crippen molar-refractivity contribution in [1.29, 1.82) is 0 Å². The van der Waals surface area contributed by atoms with Crippen LogP contribution in [0, 0.1) is 11.8 Å². The Balaban J connectivity index is 2.78. The van der Waals surface area contributed by atoms with Gasteiger partial charge >= 0.3 is 12.4 Å². The number of rotatable bonds is 0. The van der Waals surface area contributed by atoms with Crippen LogP contribution >= 0.6 is 0 Å². The highest BCUT2D eigenvalue weighted by atomic mass is 19.4. The van der Waals surface area contributed by atoms with Crippen molar-refractivity contribution in [3.05, 3.63) is 0 Å². The number of carbonyl (C=O) groups is 1. The molecule has 0 spiro atoms. The second-order valence-electron chi connectivity index (χ2n) is 3.31. The minimum Gasteiger partial charge on any atom is -0.355 e. The third-order valence-electron chi connectivity index (χ3n) is 2.22. The van der Waals surface area contributed by atoms with Crippen molar-refractivity contribution in [2.75, 3.05) is 6.54 Å². The molecule has 0 aliphatic carbocycles. The summed E-state index contributed by atoms with van der Waals surface area (Å²) in [6.07, 6.45) is -10.9. The highest BCUT2D eigenvalue weighted by Gasteiger charge is 2.53. The van der Waals surface area contributed by atoms with Gasteiger partial charge in [-0.1, -0.05) is 0 Å². The maximum atomic E-state index is 12.1. The van der Waals surface area contributed by atoms with E-state index in [1.165, 1.54) is 0 Å². The fourth-order valence-corrected chi connectivity index (χ4v) is 1.35. The molecular formula is C7H7F6NO. The highest BCUT2D eigenvalue weighted by Crippen LogP contribution is 2.39. The maximum Gasteiger partial charge on any atom is 0.400 e. The lowest BCUT2D eigenvalue weighted by atomic mass is 9.89. The van der Waals surface area contributed by atoms with Gasteiger partial charge in [0.05, 0.1) is 5.92 Å². The van der Waals surface area contributed by atoms with E-state index in [1.54, 1.807) is 5.32 Å². The van der Waals surface area contributed by atoms with Crippen LogP contribution in [0.4, 0.5) is 26.3 Å². The smallest absolute Gasteiger partial charge is 0.355 e. The molecule has 1 rings (SSSR count). The fraction of sp³-hybridized carbons (Fsp3) is 0.857. The number of nitrogens with one attached hydrogen (secondary N) is 1. The largest absolute Gasteiger partial charge is 0.400 e. The van der Waals surface area contributed by atoms with Crippen LogP contribution in [0.2, 0.25) is 0 Å². The minimum atomic E-state index is -4.92. The summed E-state index contributed by atoms with van der Waals surface area (Å²) in [5.41, 5.74) is 0. The lowest BCUT2D eigenvalue weighted by Gasteiger charge is -2.31. The zero-order valence-corrected chi connectivity index (χ0v) is 7.24. The summed E-state index contributed by atoms with van der Waals surface area (Å²) < 4.78 is 72.7. The first-order valence-electron chi connectivity index (χ1n) is 4.03. The topological polar surface area (TPSA) is 29.1 Å². The van der Waals surface area contributed by atoms with Crippen molar-refractivity contribution in [1.82, 2.24) is 5.32 Å². The Morgan fingerprint density at radius 1 is 1.07 bits per heavy atom. The second-order valence-corrected chi connectivity index (χ2v) is 3.31. The Kier molecular flexibility index (Phi) is 2.88. The van der Waals surface area contributed by atoms with Crippen LogP contribution in [0.25, 0.3) is 0 Å². The van der Waals surface area contributed by atoms with Crippen molar-refractivity contribution in [2.24, 2.45) is 11.8 Å². The van der Waals surface area contributed by atoms with Crippen molar-refractivity contribution >= 4 is 5.91 Å². The van der Waals surface area contributed by atoms with E-state index in [0.29, 0.717) is 0 Å². The van der Waals surface area contributed by atoms with Gasteiger partial charge < -0.3 is 5.32 Å². The van der Waals surface area contributed by atoms with E-state index in [9.17, 15) is 31.1 Å². The lowest BCUT2D eigenvalue weighted by molar-refractivity contribution is -0.217. The Hall–Kier alpha value is -0.950. The Morgan fingerprint density at radius 3 is 2.00 bits per heavy atom. The summed E-state index contributed by atoms with van der Waals surface area (Å²) in [5, 5.41) is 1.62. The standard InChI is InChI=1S/C7H7F6NO/c8-6(9,10)3-1-4(7(11,12)13)5(15)14-2-3/h3-4H,1-2H2,(H,14,15). The predicted molar refractivity (Wildman–Crippen MR) is 36.7 cm³/mol. The molecule has 0 saturated carbocycles. The first-order chi connectivity index (χ1) is 6.62. The number of hydrogen-bond acceptors (Lipinski definition) is 1. The van der Waals surface area contributed by atoms with E-state index in [1.807, 2.05) is 0 Å². The van der Waals surface area contributed by atoms with E-state index >= 15 is 0 Å². The second kappa shape index (κ2) is 3.57. The van der Waals surface area contributed by atoms with Crippen molar-refractivity contribution in [2.45, 2.75) is 18.8 Å². The molecule has 0 aromatic rings. The number of hydrogen-bond donors (Lipinski definition) is 1. The molecule has 15 heavy (non-hydrogen) atoms. The predicted octanol–water partition coefficient (Wildman–Crippen LogP) is 1.86. The molecule has 0 bridgehead atoms. The third kappa shape index (κ3) is 2.75. The summed E-state index contributed by atoms with van der Waals surface area (Å²) in [5.74, 6) is -6.07. The van der Waals surface area contributed by atoms with E-state index in [4.69, 9.17) is 0 Å². The lowest BCUT2D eigenvalue weighted by Crippen LogP contribution is -2.50. The SMILES string of the molecule is O=C1NCC(C(F)(F)F)CC1C(F)(F)F. The molecule has 1 heterocycles. The molecule has 1 saturated heterocycles. The highest BCUT2D eigenvalue weighted by molar-refractivity contribution is 5.80. The van der Waals surface area contributed by atoms with E-state index < -0.39 is 43.1 Å². The number of carbonyl (C=O) groups excluding carboxylic acids is 1. The molecule has 1 N–H and O–H groups in total. The molecular weight excluding hydrogens is 228 g/mol. The molecule has 1 amide bonds. The number of amides is 1. The molecule has 2 unspecified atom stereocenters. The summed E-state index contributed by atoms with van der Waals surface area (Å²) in [7, 11) is 0. The summed E-state index contributed by atoms with van der Waals surface area (Å²) in [4.78, 5) is 10.7.